The normalized spacial score (nSPS) is 10.4. The Balaban J connectivity index is 1.90. The maximum atomic E-state index is 11.8. The van der Waals surface area contributed by atoms with Crippen LogP contribution < -0.4 is 24.4 Å². The third-order valence-corrected chi connectivity index (χ3v) is 3.33. The first-order valence-corrected chi connectivity index (χ1v) is 7.61. The highest BCUT2D eigenvalue weighted by molar-refractivity contribution is 5.84. The first-order chi connectivity index (χ1) is 12.6. The molecule has 2 N–H and O–H groups in total. The number of phenolic OH excluding ortho intramolecular Hbond substituents is 1. The fourth-order valence-corrected chi connectivity index (χ4v) is 2.02. The van der Waals surface area contributed by atoms with Crippen molar-refractivity contribution in [2.45, 2.75) is 0 Å². The van der Waals surface area contributed by atoms with E-state index in [0.717, 1.165) is 0 Å². The Morgan fingerprint density at radius 2 is 1.62 bits per heavy atom. The number of phenols is 1. The lowest BCUT2D eigenvalue weighted by Crippen LogP contribution is -2.24. The molecule has 0 fully saturated rings. The highest BCUT2D eigenvalue weighted by Crippen LogP contribution is 2.36. The summed E-state index contributed by atoms with van der Waals surface area (Å²) < 4.78 is 20.5. The summed E-state index contributed by atoms with van der Waals surface area (Å²) >= 11 is 0. The smallest absolute Gasteiger partial charge is 0.277 e. The van der Waals surface area contributed by atoms with Crippen LogP contribution in [0.1, 0.15) is 5.56 Å². The number of nitrogens with one attached hydrogen (secondary N) is 1. The molecular formula is C18H20N2O6. The molecule has 0 heterocycles. The summed E-state index contributed by atoms with van der Waals surface area (Å²) in [6.07, 6.45) is 1.40. The van der Waals surface area contributed by atoms with Crippen molar-refractivity contribution in [3.05, 3.63) is 42.0 Å². The van der Waals surface area contributed by atoms with Crippen molar-refractivity contribution in [1.29, 1.82) is 0 Å². The van der Waals surface area contributed by atoms with E-state index in [9.17, 15) is 9.90 Å². The molecule has 2 aromatic carbocycles. The predicted octanol–water partition coefficient (Wildman–Crippen LogP) is 1.95. The molecule has 2 aromatic rings. The van der Waals surface area contributed by atoms with E-state index in [-0.39, 0.29) is 23.9 Å². The Morgan fingerprint density at radius 3 is 2.15 bits per heavy atom. The molecule has 0 aromatic heterocycles. The lowest BCUT2D eigenvalue weighted by Gasteiger charge is -2.09. The molecule has 0 radical (unpaired) electrons. The molecule has 0 saturated carbocycles. The third-order valence-electron chi connectivity index (χ3n) is 3.33. The van der Waals surface area contributed by atoms with Crippen molar-refractivity contribution in [1.82, 2.24) is 5.43 Å². The van der Waals surface area contributed by atoms with Gasteiger partial charge in [-0.2, -0.15) is 5.10 Å². The van der Waals surface area contributed by atoms with Gasteiger partial charge in [0.05, 0.1) is 27.5 Å². The molecule has 0 atom stereocenters. The van der Waals surface area contributed by atoms with Gasteiger partial charge in [0.25, 0.3) is 5.91 Å². The second-order valence-corrected chi connectivity index (χ2v) is 5.03. The number of hydrogen-bond acceptors (Lipinski definition) is 7. The molecule has 26 heavy (non-hydrogen) atoms. The van der Waals surface area contributed by atoms with E-state index in [1.54, 1.807) is 43.5 Å². The lowest BCUT2D eigenvalue weighted by molar-refractivity contribution is -0.123. The number of rotatable bonds is 8. The number of benzene rings is 2. The van der Waals surface area contributed by atoms with Gasteiger partial charge in [0.1, 0.15) is 11.5 Å². The zero-order valence-corrected chi connectivity index (χ0v) is 14.7. The van der Waals surface area contributed by atoms with Crippen LogP contribution in [0.15, 0.2) is 41.5 Å². The summed E-state index contributed by atoms with van der Waals surface area (Å²) in [6, 6.07) is 9.98. The van der Waals surface area contributed by atoms with Crippen molar-refractivity contribution < 1.29 is 28.8 Å². The number of carbonyl (C=O) groups excluding carboxylic acids is 1. The molecule has 138 valence electrons. The van der Waals surface area contributed by atoms with E-state index in [1.165, 1.54) is 20.4 Å². The number of aromatic hydroxyl groups is 1. The predicted molar refractivity (Wildman–Crippen MR) is 95.4 cm³/mol. The zero-order chi connectivity index (χ0) is 18.9. The molecule has 0 saturated heterocycles. The van der Waals surface area contributed by atoms with Gasteiger partial charge < -0.3 is 24.1 Å². The molecular weight excluding hydrogens is 340 g/mol. The molecule has 0 unspecified atom stereocenters. The summed E-state index contributed by atoms with van der Waals surface area (Å²) in [5, 5.41) is 13.7. The fraction of sp³-hybridized carbons (Fsp3) is 0.222. The van der Waals surface area contributed by atoms with Gasteiger partial charge in [0.15, 0.2) is 18.1 Å². The minimum atomic E-state index is -0.422. The molecule has 1 amide bonds. The van der Waals surface area contributed by atoms with E-state index >= 15 is 0 Å². The van der Waals surface area contributed by atoms with Crippen molar-refractivity contribution >= 4 is 12.1 Å². The Bertz CT molecular complexity index is 749. The number of methoxy groups -OCH3 is 3. The van der Waals surface area contributed by atoms with Crippen LogP contribution in [0, 0.1) is 0 Å². The maximum Gasteiger partial charge on any atom is 0.277 e. The summed E-state index contributed by atoms with van der Waals surface area (Å²) in [5.74, 6) is 1.18. The molecule has 8 heteroatoms. The fourth-order valence-electron chi connectivity index (χ4n) is 2.02. The highest BCUT2D eigenvalue weighted by atomic mass is 16.5. The van der Waals surface area contributed by atoms with Gasteiger partial charge in [-0.05, 0) is 36.4 Å². The summed E-state index contributed by atoms with van der Waals surface area (Å²) in [4.78, 5) is 11.8. The number of hydrazone groups is 1. The van der Waals surface area contributed by atoms with Crippen LogP contribution in [0.3, 0.4) is 0 Å². The first kappa shape index (κ1) is 18.9. The van der Waals surface area contributed by atoms with Crippen LogP contribution in [0.2, 0.25) is 0 Å². The molecule has 2 rings (SSSR count). The monoisotopic (exact) mass is 360 g/mol. The minimum Gasteiger partial charge on any atom is -0.502 e. The zero-order valence-electron chi connectivity index (χ0n) is 14.7. The van der Waals surface area contributed by atoms with E-state index in [1.807, 2.05) is 0 Å². The van der Waals surface area contributed by atoms with Crippen LogP contribution in [-0.4, -0.2) is 45.2 Å². The van der Waals surface area contributed by atoms with Crippen LogP contribution in [-0.2, 0) is 4.79 Å². The number of ether oxygens (including phenoxy) is 4. The van der Waals surface area contributed by atoms with Crippen molar-refractivity contribution in [2.24, 2.45) is 5.10 Å². The molecule has 0 spiro atoms. The van der Waals surface area contributed by atoms with Gasteiger partial charge in [-0.25, -0.2) is 5.43 Å². The van der Waals surface area contributed by atoms with Crippen LogP contribution in [0.5, 0.6) is 28.7 Å². The van der Waals surface area contributed by atoms with E-state index < -0.39 is 5.91 Å². The van der Waals surface area contributed by atoms with Crippen molar-refractivity contribution in [3.8, 4) is 28.7 Å². The Labute approximate surface area is 151 Å². The summed E-state index contributed by atoms with van der Waals surface area (Å²) in [7, 11) is 4.42. The number of nitrogens with zero attached hydrogens (tertiary/aromatic N) is 1. The van der Waals surface area contributed by atoms with E-state index in [0.29, 0.717) is 17.1 Å². The van der Waals surface area contributed by atoms with Crippen molar-refractivity contribution in [3.63, 3.8) is 0 Å². The summed E-state index contributed by atoms with van der Waals surface area (Å²) in [6.45, 7) is -0.189. The topological polar surface area (TPSA) is 98.6 Å². The van der Waals surface area contributed by atoms with Gasteiger partial charge in [0.2, 0.25) is 5.75 Å². The van der Waals surface area contributed by atoms with Gasteiger partial charge in [-0.15, -0.1) is 0 Å². The summed E-state index contributed by atoms with van der Waals surface area (Å²) in [5.41, 5.74) is 2.93. The Hall–Kier alpha value is -3.42. The quantitative estimate of drug-likeness (QED) is 0.551. The Morgan fingerprint density at radius 1 is 1.04 bits per heavy atom. The molecule has 0 bridgehead atoms. The van der Waals surface area contributed by atoms with E-state index in [4.69, 9.17) is 18.9 Å². The third kappa shape index (κ3) is 5.04. The second-order valence-electron chi connectivity index (χ2n) is 5.03. The van der Waals surface area contributed by atoms with Crippen LogP contribution in [0.25, 0.3) is 0 Å². The maximum absolute atomic E-state index is 11.8. The molecule has 8 nitrogen and oxygen atoms in total. The molecule has 0 aliphatic heterocycles. The van der Waals surface area contributed by atoms with Gasteiger partial charge in [-0.3, -0.25) is 4.79 Å². The first-order valence-electron chi connectivity index (χ1n) is 7.61. The lowest BCUT2D eigenvalue weighted by atomic mass is 10.2. The van der Waals surface area contributed by atoms with Crippen LogP contribution in [0.4, 0.5) is 0 Å². The standard InChI is InChI=1S/C18H20N2O6/c1-23-13-4-6-14(7-5-13)26-11-17(21)20-19-10-12-8-15(24-2)18(22)16(9-12)25-3/h4-10,22H,11H2,1-3H3,(H,20,21)/b19-10+. The minimum absolute atomic E-state index is 0.107. The van der Waals surface area contributed by atoms with Crippen molar-refractivity contribution in [2.75, 3.05) is 27.9 Å². The van der Waals surface area contributed by atoms with Gasteiger partial charge in [-0.1, -0.05) is 0 Å². The number of hydrogen-bond donors (Lipinski definition) is 2. The van der Waals surface area contributed by atoms with E-state index in [2.05, 4.69) is 10.5 Å². The molecule has 0 aliphatic rings. The van der Waals surface area contributed by atoms with Gasteiger partial charge >= 0.3 is 0 Å². The number of carbonyl (C=O) groups is 1. The second kappa shape index (κ2) is 9.16. The van der Waals surface area contributed by atoms with Crippen LogP contribution >= 0.6 is 0 Å². The SMILES string of the molecule is COc1ccc(OCC(=O)N/N=C/c2cc(OC)c(O)c(OC)c2)cc1. The number of amides is 1. The average Bonchev–Trinajstić information content (AvgIpc) is 2.67. The van der Waals surface area contributed by atoms with Gasteiger partial charge in [0, 0.05) is 5.56 Å². The molecule has 0 aliphatic carbocycles. The Kier molecular flexibility index (Phi) is 6.67. The largest absolute Gasteiger partial charge is 0.502 e. The average molecular weight is 360 g/mol. The highest BCUT2D eigenvalue weighted by Gasteiger charge is 2.10.